The number of aromatic hydroxyl groups is 1. The van der Waals surface area contributed by atoms with E-state index in [9.17, 15) is 9.90 Å². The fourth-order valence-electron chi connectivity index (χ4n) is 2.53. The van der Waals surface area contributed by atoms with E-state index in [0.717, 1.165) is 16.3 Å². The number of nitrogens with zero attached hydrogens (tertiary/aromatic N) is 2. The van der Waals surface area contributed by atoms with Gasteiger partial charge < -0.3 is 16.2 Å². The van der Waals surface area contributed by atoms with E-state index in [1.165, 1.54) is 23.6 Å². The Kier molecular flexibility index (Phi) is 4.90. The van der Waals surface area contributed by atoms with Crippen LogP contribution in [-0.2, 0) is 16.6 Å². The van der Waals surface area contributed by atoms with Crippen molar-refractivity contribution in [2.75, 3.05) is 11.1 Å². The molecule has 0 saturated carbocycles. The van der Waals surface area contributed by atoms with Gasteiger partial charge in [0.1, 0.15) is 5.01 Å². The Bertz CT molecular complexity index is 919. The molecule has 0 aliphatic carbocycles. The van der Waals surface area contributed by atoms with Crippen molar-refractivity contribution in [3.63, 3.8) is 0 Å². The molecule has 0 aliphatic rings. The normalized spacial score (nSPS) is 11.3. The summed E-state index contributed by atoms with van der Waals surface area (Å²) in [6.07, 6.45) is 1.62. The molecule has 1 amide bonds. The Hall–Kier alpha value is -2.93. The van der Waals surface area contributed by atoms with Crippen LogP contribution in [0.5, 0.6) is 5.75 Å². The minimum Gasteiger partial charge on any atom is -0.504 e. The molecular weight excluding hydrogens is 348 g/mol. The zero-order valence-corrected chi connectivity index (χ0v) is 15.4. The van der Waals surface area contributed by atoms with Gasteiger partial charge in [-0.3, -0.25) is 4.79 Å². The lowest BCUT2D eigenvalue weighted by Gasteiger charge is -2.22. The number of nitrogen functional groups attached to an aromatic ring is 1. The lowest BCUT2D eigenvalue weighted by atomic mass is 9.85. The van der Waals surface area contributed by atoms with Gasteiger partial charge in [0.05, 0.1) is 12.1 Å². The third-order valence-electron chi connectivity index (χ3n) is 4.10. The minimum atomic E-state index is -0.285. The van der Waals surface area contributed by atoms with Crippen molar-refractivity contribution >= 4 is 28.7 Å². The largest absolute Gasteiger partial charge is 0.504 e. The van der Waals surface area contributed by atoms with E-state index in [1.807, 2.05) is 29.6 Å². The molecule has 0 saturated heterocycles. The molecule has 7 heteroatoms. The third kappa shape index (κ3) is 3.83. The van der Waals surface area contributed by atoms with Crippen LogP contribution >= 0.6 is 11.3 Å². The fraction of sp³-hybridized carbons (Fsp3) is 0.211. The van der Waals surface area contributed by atoms with Gasteiger partial charge in [-0.05, 0) is 43.7 Å². The van der Waals surface area contributed by atoms with Crippen LogP contribution in [0.15, 0.2) is 48.0 Å². The lowest BCUT2D eigenvalue weighted by molar-refractivity contribution is -0.115. The van der Waals surface area contributed by atoms with Crippen LogP contribution in [0.1, 0.15) is 30.1 Å². The van der Waals surface area contributed by atoms with Crippen LogP contribution in [0.3, 0.4) is 0 Å². The second-order valence-electron chi connectivity index (χ2n) is 6.49. The highest BCUT2D eigenvalue weighted by Crippen LogP contribution is 2.34. The van der Waals surface area contributed by atoms with Crippen molar-refractivity contribution in [1.82, 2.24) is 9.97 Å². The Morgan fingerprint density at radius 1 is 1.27 bits per heavy atom. The van der Waals surface area contributed by atoms with Crippen molar-refractivity contribution in [2.45, 2.75) is 25.7 Å². The molecule has 0 aliphatic heterocycles. The summed E-state index contributed by atoms with van der Waals surface area (Å²) in [5.41, 5.74) is 7.99. The molecule has 6 nitrogen and oxygen atoms in total. The SMILES string of the molecule is CC(C)(c1ccc(N)cc1)c1nc(CC(=O)Nc2ncccc2O)cs1. The van der Waals surface area contributed by atoms with Crippen LogP contribution in [0.4, 0.5) is 11.5 Å². The average molecular weight is 368 g/mol. The quantitative estimate of drug-likeness (QED) is 0.600. The Morgan fingerprint density at radius 2 is 2.00 bits per heavy atom. The van der Waals surface area contributed by atoms with Crippen molar-refractivity contribution in [3.05, 3.63) is 64.2 Å². The standard InChI is InChI=1S/C19H20N4O2S/c1-19(2,12-5-7-13(20)8-6-12)18-22-14(11-26-18)10-16(25)23-17-15(24)4-3-9-21-17/h3-9,11,24H,10,20H2,1-2H3,(H,21,23,25). The summed E-state index contributed by atoms with van der Waals surface area (Å²) < 4.78 is 0. The number of benzene rings is 1. The monoisotopic (exact) mass is 368 g/mol. The number of nitrogens with one attached hydrogen (secondary N) is 1. The van der Waals surface area contributed by atoms with Gasteiger partial charge in [-0.15, -0.1) is 11.3 Å². The zero-order chi connectivity index (χ0) is 18.7. The van der Waals surface area contributed by atoms with E-state index in [2.05, 4.69) is 29.1 Å². The van der Waals surface area contributed by atoms with Gasteiger partial charge in [0.25, 0.3) is 0 Å². The third-order valence-corrected chi connectivity index (χ3v) is 5.32. The molecule has 2 aromatic heterocycles. The second-order valence-corrected chi connectivity index (χ2v) is 7.35. The summed E-state index contributed by atoms with van der Waals surface area (Å²) in [5, 5.41) is 15.1. The van der Waals surface area contributed by atoms with Gasteiger partial charge in [-0.2, -0.15) is 0 Å². The molecule has 3 rings (SSSR count). The molecule has 3 aromatic rings. The fourth-order valence-corrected chi connectivity index (χ4v) is 3.50. The molecule has 0 spiro atoms. The van der Waals surface area contributed by atoms with E-state index >= 15 is 0 Å². The first-order valence-electron chi connectivity index (χ1n) is 8.11. The van der Waals surface area contributed by atoms with Crippen molar-refractivity contribution in [2.24, 2.45) is 0 Å². The number of nitrogens with two attached hydrogens (primary N) is 1. The van der Waals surface area contributed by atoms with E-state index in [4.69, 9.17) is 5.73 Å². The number of carbonyl (C=O) groups excluding carboxylic acids is 1. The molecule has 0 fully saturated rings. The summed E-state index contributed by atoms with van der Waals surface area (Å²) in [5.74, 6) is -0.194. The number of pyridine rings is 1. The molecule has 2 heterocycles. The molecule has 134 valence electrons. The highest BCUT2D eigenvalue weighted by molar-refractivity contribution is 7.09. The van der Waals surface area contributed by atoms with Crippen LogP contribution in [-0.4, -0.2) is 21.0 Å². The highest BCUT2D eigenvalue weighted by Gasteiger charge is 2.27. The first-order valence-corrected chi connectivity index (χ1v) is 8.99. The maximum absolute atomic E-state index is 12.2. The maximum atomic E-state index is 12.2. The minimum absolute atomic E-state index is 0.0655. The highest BCUT2D eigenvalue weighted by atomic mass is 32.1. The molecular formula is C19H20N4O2S. The van der Waals surface area contributed by atoms with Crippen LogP contribution < -0.4 is 11.1 Å². The molecule has 0 unspecified atom stereocenters. The summed E-state index contributed by atoms with van der Waals surface area (Å²) in [4.78, 5) is 20.8. The van der Waals surface area contributed by atoms with Crippen molar-refractivity contribution in [1.29, 1.82) is 0 Å². The first-order chi connectivity index (χ1) is 12.4. The van der Waals surface area contributed by atoms with Gasteiger partial charge in [0.2, 0.25) is 5.91 Å². The summed E-state index contributed by atoms with van der Waals surface area (Å²) >= 11 is 1.52. The number of rotatable bonds is 5. The van der Waals surface area contributed by atoms with E-state index in [1.54, 1.807) is 6.07 Å². The summed E-state index contributed by atoms with van der Waals surface area (Å²) in [6, 6.07) is 10.8. The van der Waals surface area contributed by atoms with Crippen LogP contribution in [0.25, 0.3) is 0 Å². The van der Waals surface area contributed by atoms with E-state index in [-0.39, 0.29) is 29.3 Å². The van der Waals surface area contributed by atoms with Crippen LogP contribution in [0.2, 0.25) is 0 Å². The molecule has 1 aromatic carbocycles. The predicted octanol–water partition coefficient (Wildman–Crippen LogP) is 3.33. The maximum Gasteiger partial charge on any atom is 0.231 e. The Balaban J connectivity index is 1.72. The van der Waals surface area contributed by atoms with Gasteiger partial charge in [0.15, 0.2) is 11.6 Å². The van der Waals surface area contributed by atoms with E-state index in [0.29, 0.717) is 5.69 Å². The smallest absolute Gasteiger partial charge is 0.231 e. The summed E-state index contributed by atoms with van der Waals surface area (Å²) in [6.45, 7) is 4.18. The molecule has 0 atom stereocenters. The number of amides is 1. The first kappa shape index (κ1) is 17.9. The number of aromatic nitrogens is 2. The molecule has 4 N–H and O–H groups in total. The van der Waals surface area contributed by atoms with Gasteiger partial charge in [0, 0.05) is 22.7 Å². The molecule has 26 heavy (non-hydrogen) atoms. The topological polar surface area (TPSA) is 101 Å². The number of thiazole rings is 1. The van der Waals surface area contributed by atoms with Crippen molar-refractivity contribution in [3.8, 4) is 5.75 Å². The number of anilines is 2. The van der Waals surface area contributed by atoms with Gasteiger partial charge >= 0.3 is 0 Å². The second kappa shape index (κ2) is 7.13. The molecule has 0 radical (unpaired) electrons. The number of hydrogen-bond donors (Lipinski definition) is 3. The van der Waals surface area contributed by atoms with Crippen molar-refractivity contribution < 1.29 is 9.90 Å². The Morgan fingerprint density at radius 3 is 2.69 bits per heavy atom. The molecule has 0 bridgehead atoms. The summed E-state index contributed by atoms with van der Waals surface area (Å²) in [7, 11) is 0. The lowest BCUT2D eigenvalue weighted by Crippen LogP contribution is -2.19. The number of carbonyl (C=O) groups is 1. The zero-order valence-electron chi connectivity index (χ0n) is 14.6. The average Bonchev–Trinajstić information content (AvgIpc) is 3.06. The van der Waals surface area contributed by atoms with Gasteiger partial charge in [-0.1, -0.05) is 12.1 Å². The van der Waals surface area contributed by atoms with E-state index < -0.39 is 0 Å². The Labute approximate surface area is 155 Å². The van der Waals surface area contributed by atoms with Crippen LogP contribution in [0, 0.1) is 0 Å². The predicted molar refractivity (Wildman–Crippen MR) is 103 cm³/mol. The number of hydrogen-bond acceptors (Lipinski definition) is 6. The van der Waals surface area contributed by atoms with Gasteiger partial charge in [-0.25, -0.2) is 9.97 Å².